The quantitative estimate of drug-likeness (QED) is 0.743. The Morgan fingerprint density at radius 2 is 2.11 bits per heavy atom. The average Bonchev–Trinajstić information content (AvgIpc) is 2.46. The van der Waals surface area contributed by atoms with Crippen molar-refractivity contribution >= 4 is 29.1 Å². The molecule has 2 rings (SSSR count). The second kappa shape index (κ2) is 7.20. The summed E-state index contributed by atoms with van der Waals surface area (Å²) in [6.07, 6.45) is 6.41. The van der Waals surface area contributed by atoms with Crippen molar-refractivity contribution in [3.63, 3.8) is 0 Å². The molecule has 0 atom stereocenters. The standard InChI is InChI=1S/C15H19ClO2S/c1-18-11-7-8-14(16)13(9-11)15(17)10-19-12-5-3-2-4-6-12/h7-9,12H,2-6,10H2,1H3. The molecular formula is C15H19ClO2S. The van der Waals surface area contributed by atoms with Gasteiger partial charge in [0, 0.05) is 10.8 Å². The Morgan fingerprint density at radius 1 is 1.37 bits per heavy atom. The molecule has 0 N–H and O–H groups in total. The van der Waals surface area contributed by atoms with Crippen LogP contribution in [0.2, 0.25) is 5.02 Å². The maximum atomic E-state index is 12.2. The van der Waals surface area contributed by atoms with Crippen molar-refractivity contribution in [2.75, 3.05) is 12.9 Å². The largest absolute Gasteiger partial charge is 0.497 e. The van der Waals surface area contributed by atoms with Crippen molar-refractivity contribution in [1.82, 2.24) is 0 Å². The minimum absolute atomic E-state index is 0.0967. The Kier molecular flexibility index (Phi) is 5.59. The fourth-order valence-electron chi connectivity index (χ4n) is 2.35. The molecule has 0 aliphatic heterocycles. The van der Waals surface area contributed by atoms with E-state index in [1.54, 1.807) is 37.1 Å². The molecule has 1 aromatic rings. The first-order valence-electron chi connectivity index (χ1n) is 6.69. The lowest BCUT2D eigenvalue weighted by atomic mass is 10.0. The van der Waals surface area contributed by atoms with E-state index in [4.69, 9.17) is 16.3 Å². The molecular weight excluding hydrogens is 280 g/mol. The highest BCUT2D eigenvalue weighted by Gasteiger charge is 2.17. The van der Waals surface area contributed by atoms with E-state index in [-0.39, 0.29) is 5.78 Å². The molecule has 1 aliphatic carbocycles. The summed E-state index contributed by atoms with van der Waals surface area (Å²) in [6, 6.07) is 5.22. The van der Waals surface area contributed by atoms with Crippen molar-refractivity contribution in [1.29, 1.82) is 0 Å². The van der Waals surface area contributed by atoms with Gasteiger partial charge in [0.25, 0.3) is 0 Å². The summed E-state index contributed by atoms with van der Waals surface area (Å²) in [6.45, 7) is 0. The Labute approximate surface area is 123 Å². The molecule has 1 aromatic carbocycles. The van der Waals surface area contributed by atoms with Crippen LogP contribution in [0.5, 0.6) is 5.75 Å². The van der Waals surface area contributed by atoms with Gasteiger partial charge in [-0.3, -0.25) is 4.79 Å². The van der Waals surface area contributed by atoms with E-state index in [1.165, 1.54) is 32.1 Å². The van der Waals surface area contributed by atoms with Crippen LogP contribution in [-0.2, 0) is 0 Å². The van der Waals surface area contributed by atoms with Crippen LogP contribution in [0.4, 0.5) is 0 Å². The van der Waals surface area contributed by atoms with E-state index < -0.39 is 0 Å². The summed E-state index contributed by atoms with van der Waals surface area (Å²) in [5.74, 6) is 1.28. The summed E-state index contributed by atoms with van der Waals surface area (Å²) in [5, 5.41) is 1.15. The van der Waals surface area contributed by atoms with Crippen LogP contribution in [0.3, 0.4) is 0 Å². The Bertz CT molecular complexity index is 442. The number of methoxy groups -OCH3 is 1. The SMILES string of the molecule is COc1ccc(Cl)c(C(=O)CSC2CCCCC2)c1. The Balaban J connectivity index is 1.95. The van der Waals surface area contributed by atoms with Crippen molar-refractivity contribution in [3.8, 4) is 5.75 Å². The van der Waals surface area contributed by atoms with Gasteiger partial charge in [0.1, 0.15) is 5.75 Å². The molecule has 4 heteroatoms. The summed E-state index contributed by atoms with van der Waals surface area (Å²) in [4.78, 5) is 12.2. The number of rotatable bonds is 5. The number of hydrogen-bond acceptors (Lipinski definition) is 3. The molecule has 0 unspecified atom stereocenters. The number of hydrogen-bond donors (Lipinski definition) is 0. The van der Waals surface area contributed by atoms with Crippen LogP contribution in [0.25, 0.3) is 0 Å². The van der Waals surface area contributed by atoms with Crippen LogP contribution >= 0.6 is 23.4 Å². The van der Waals surface area contributed by atoms with E-state index in [0.29, 0.717) is 27.3 Å². The second-order valence-electron chi connectivity index (χ2n) is 4.84. The lowest BCUT2D eigenvalue weighted by Crippen LogP contribution is -2.12. The van der Waals surface area contributed by atoms with E-state index >= 15 is 0 Å². The minimum Gasteiger partial charge on any atom is -0.497 e. The number of halogens is 1. The molecule has 104 valence electrons. The van der Waals surface area contributed by atoms with Crippen molar-refractivity contribution in [2.24, 2.45) is 0 Å². The van der Waals surface area contributed by atoms with E-state index in [2.05, 4.69) is 0 Å². The number of carbonyl (C=O) groups is 1. The minimum atomic E-state index is 0.0967. The number of ether oxygens (including phenoxy) is 1. The third kappa shape index (κ3) is 4.15. The molecule has 0 radical (unpaired) electrons. The van der Waals surface area contributed by atoms with Crippen molar-refractivity contribution in [2.45, 2.75) is 37.4 Å². The highest BCUT2D eigenvalue weighted by Crippen LogP contribution is 2.30. The Morgan fingerprint density at radius 3 is 2.79 bits per heavy atom. The third-order valence-electron chi connectivity index (χ3n) is 3.48. The van der Waals surface area contributed by atoms with E-state index in [9.17, 15) is 4.79 Å². The van der Waals surface area contributed by atoms with E-state index in [1.807, 2.05) is 0 Å². The summed E-state index contributed by atoms with van der Waals surface area (Å²) in [5.41, 5.74) is 0.573. The predicted octanol–water partition coefficient (Wildman–Crippen LogP) is 4.60. The highest BCUT2D eigenvalue weighted by molar-refractivity contribution is 8.00. The van der Waals surface area contributed by atoms with E-state index in [0.717, 1.165) is 0 Å². The zero-order valence-electron chi connectivity index (χ0n) is 11.2. The summed E-state index contributed by atoms with van der Waals surface area (Å²) in [7, 11) is 1.59. The number of ketones is 1. The van der Waals surface area contributed by atoms with Gasteiger partial charge in [0.15, 0.2) is 5.78 Å². The summed E-state index contributed by atoms with van der Waals surface area (Å²) >= 11 is 7.86. The molecule has 0 spiro atoms. The van der Waals surface area contributed by atoms with Crippen molar-refractivity contribution in [3.05, 3.63) is 28.8 Å². The first-order chi connectivity index (χ1) is 9.20. The third-order valence-corrected chi connectivity index (χ3v) is 5.18. The van der Waals surface area contributed by atoms with Gasteiger partial charge < -0.3 is 4.74 Å². The number of thioether (sulfide) groups is 1. The summed E-state index contributed by atoms with van der Waals surface area (Å²) < 4.78 is 5.14. The molecule has 19 heavy (non-hydrogen) atoms. The number of benzene rings is 1. The van der Waals surface area contributed by atoms with Gasteiger partial charge in [-0.1, -0.05) is 30.9 Å². The smallest absolute Gasteiger partial charge is 0.174 e. The fraction of sp³-hybridized carbons (Fsp3) is 0.533. The second-order valence-corrected chi connectivity index (χ2v) is 6.54. The molecule has 0 amide bonds. The maximum absolute atomic E-state index is 12.2. The monoisotopic (exact) mass is 298 g/mol. The zero-order chi connectivity index (χ0) is 13.7. The van der Waals surface area contributed by atoms with Gasteiger partial charge in [0.05, 0.1) is 17.9 Å². The Hall–Kier alpha value is -0.670. The molecule has 0 aromatic heterocycles. The molecule has 0 heterocycles. The molecule has 1 saturated carbocycles. The first-order valence-corrected chi connectivity index (χ1v) is 8.11. The average molecular weight is 299 g/mol. The molecule has 2 nitrogen and oxygen atoms in total. The van der Waals surface area contributed by atoms with Crippen LogP contribution < -0.4 is 4.74 Å². The molecule has 1 fully saturated rings. The lowest BCUT2D eigenvalue weighted by molar-refractivity contribution is 0.102. The van der Waals surface area contributed by atoms with Crippen LogP contribution in [0, 0.1) is 0 Å². The van der Waals surface area contributed by atoms with Gasteiger partial charge in [-0.25, -0.2) is 0 Å². The van der Waals surface area contributed by atoms with Crippen LogP contribution in [0.1, 0.15) is 42.5 Å². The number of carbonyl (C=O) groups excluding carboxylic acids is 1. The van der Waals surface area contributed by atoms with Crippen molar-refractivity contribution < 1.29 is 9.53 Å². The lowest BCUT2D eigenvalue weighted by Gasteiger charge is -2.20. The molecule has 1 aliphatic rings. The first kappa shape index (κ1) is 14.7. The molecule has 0 bridgehead atoms. The van der Waals surface area contributed by atoms with Crippen LogP contribution in [0.15, 0.2) is 18.2 Å². The normalized spacial score (nSPS) is 16.3. The van der Waals surface area contributed by atoms with Gasteiger partial charge in [-0.05, 0) is 31.0 Å². The predicted molar refractivity (Wildman–Crippen MR) is 81.7 cm³/mol. The van der Waals surface area contributed by atoms with Gasteiger partial charge in [-0.15, -0.1) is 0 Å². The van der Waals surface area contributed by atoms with Gasteiger partial charge in [-0.2, -0.15) is 11.8 Å². The van der Waals surface area contributed by atoms with Gasteiger partial charge in [0.2, 0.25) is 0 Å². The topological polar surface area (TPSA) is 26.3 Å². The zero-order valence-corrected chi connectivity index (χ0v) is 12.7. The number of Topliss-reactive ketones (excluding diaryl/α,β-unsaturated/α-hetero) is 1. The van der Waals surface area contributed by atoms with Crippen LogP contribution in [-0.4, -0.2) is 23.9 Å². The maximum Gasteiger partial charge on any atom is 0.174 e. The fourth-order valence-corrected chi connectivity index (χ4v) is 3.78. The highest BCUT2D eigenvalue weighted by atomic mass is 35.5. The molecule has 0 saturated heterocycles. The van der Waals surface area contributed by atoms with Gasteiger partial charge >= 0.3 is 0 Å².